The first-order chi connectivity index (χ1) is 23.0. The van der Waals surface area contributed by atoms with Gasteiger partial charge in [-0.2, -0.15) is 0 Å². The molecule has 4 aromatic rings. The molecule has 7 nitrogen and oxygen atoms in total. The number of fused-ring (bicyclic) bond motifs is 2. The molecule has 1 amide bonds. The number of carbonyl (C=O) groups is 1. The van der Waals surface area contributed by atoms with Crippen LogP contribution in [-0.2, 0) is 17.6 Å². The molecule has 2 saturated heterocycles. The van der Waals surface area contributed by atoms with Gasteiger partial charge < -0.3 is 15.8 Å². The number of aryl methyl sites for hydroxylation is 2. The zero-order valence-electron chi connectivity index (χ0n) is 28.4. The molecule has 4 atom stereocenters. The van der Waals surface area contributed by atoms with Crippen LogP contribution in [0.3, 0.4) is 0 Å². The third-order valence-corrected chi connectivity index (χ3v) is 9.87. The summed E-state index contributed by atoms with van der Waals surface area (Å²) in [6.07, 6.45) is 13.7. The van der Waals surface area contributed by atoms with Crippen molar-refractivity contribution in [3.8, 4) is 11.5 Å². The smallest absolute Gasteiger partial charge is 1.00 e. The maximum absolute atomic E-state index is 12.9. The van der Waals surface area contributed by atoms with Crippen molar-refractivity contribution in [1.29, 1.82) is 0 Å². The second-order valence-corrected chi connectivity index (χ2v) is 13.0. The molecule has 2 aliphatic carbocycles. The molecule has 2 aromatic heterocycles. The SMILES string of the molecule is Fc1ccc(O[C@H]2CCN(CC3CCc4ccncc43)C2)cc1.O=C(C1CCc2ccncc21)N1CC[C@H](Oc2ccc(F)cc2)C1.[AlH3].[H-].[Li+]. The topological polar surface area (TPSA) is 67.8 Å². The van der Waals surface area contributed by atoms with Gasteiger partial charge in [-0.3, -0.25) is 19.7 Å². The summed E-state index contributed by atoms with van der Waals surface area (Å²) in [5.41, 5.74) is 5.20. The summed E-state index contributed by atoms with van der Waals surface area (Å²) < 4.78 is 37.7. The van der Waals surface area contributed by atoms with Crippen molar-refractivity contribution in [3.05, 3.63) is 119 Å². The largest absolute Gasteiger partial charge is 1.00 e. The molecule has 4 heterocycles. The van der Waals surface area contributed by atoms with Crippen LogP contribution in [0.4, 0.5) is 8.78 Å². The van der Waals surface area contributed by atoms with E-state index in [1.807, 2.05) is 29.6 Å². The van der Waals surface area contributed by atoms with Gasteiger partial charge in [0.2, 0.25) is 5.91 Å². The second kappa shape index (κ2) is 17.1. The molecular formula is C38H44AlF2LiN4O3. The normalized spacial score (nSPS) is 22.2. The van der Waals surface area contributed by atoms with Gasteiger partial charge in [-0.1, -0.05) is 0 Å². The minimum absolute atomic E-state index is 0. The Morgan fingerprint density at radius 2 is 1.29 bits per heavy atom. The molecule has 2 fully saturated rings. The van der Waals surface area contributed by atoms with Gasteiger partial charge in [-0.25, -0.2) is 8.78 Å². The van der Waals surface area contributed by atoms with Gasteiger partial charge in [0, 0.05) is 57.4 Å². The fraction of sp³-hybridized carbons (Fsp3) is 0.395. The number of nitrogens with zero attached hydrogens (tertiary/aromatic N) is 4. The molecule has 0 radical (unpaired) electrons. The van der Waals surface area contributed by atoms with Gasteiger partial charge in [0.15, 0.2) is 17.4 Å². The predicted molar refractivity (Wildman–Crippen MR) is 186 cm³/mol. The van der Waals surface area contributed by atoms with Gasteiger partial charge in [-0.15, -0.1) is 0 Å². The molecule has 0 spiro atoms. The fourth-order valence-corrected chi connectivity index (χ4v) is 7.42. The minimum Gasteiger partial charge on any atom is -1.00 e. The van der Waals surface area contributed by atoms with Gasteiger partial charge in [0.1, 0.15) is 35.3 Å². The monoisotopic (exact) mass is 676 g/mol. The molecule has 11 heteroatoms. The summed E-state index contributed by atoms with van der Waals surface area (Å²) in [5, 5.41) is 0. The Labute approximate surface area is 311 Å². The van der Waals surface area contributed by atoms with Crippen molar-refractivity contribution in [2.24, 2.45) is 0 Å². The number of hydrogen-bond donors (Lipinski definition) is 0. The number of pyridine rings is 2. The number of benzene rings is 2. The molecule has 2 aliphatic heterocycles. The first-order valence-corrected chi connectivity index (χ1v) is 16.7. The Morgan fingerprint density at radius 1 is 0.735 bits per heavy atom. The number of hydrogen-bond acceptors (Lipinski definition) is 6. The van der Waals surface area contributed by atoms with E-state index >= 15 is 0 Å². The van der Waals surface area contributed by atoms with Crippen LogP contribution in [0.25, 0.3) is 0 Å². The Hall–Kier alpha value is -3.24. The van der Waals surface area contributed by atoms with Crippen molar-refractivity contribution in [2.75, 3.05) is 32.7 Å². The molecule has 4 aliphatic rings. The minimum atomic E-state index is -0.279. The molecule has 2 unspecified atom stereocenters. The van der Waals surface area contributed by atoms with E-state index in [1.165, 1.54) is 53.8 Å². The molecule has 2 aromatic carbocycles. The van der Waals surface area contributed by atoms with Crippen LogP contribution in [0, 0.1) is 11.6 Å². The van der Waals surface area contributed by atoms with Crippen LogP contribution in [0.1, 0.15) is 61.2 Å². The number of halogens is 2. The van der Waals surface area contributed by atoms with Crippen LogP contribution < -0.4 is 28.3 Å². The summed E-state index contributed by atoms with van der Waals surface area (Å²) in [5.74, 6) is 1.60. The number of amides is 1. The van der Waals surface area contributed by atoms with E-state index in [0.29, 0.717) is 24.8 Å². The van der Waals surface area contributed by atoms with Crippen molar-refractivity contribution in [1.82, 2.24) is 19.8 Å². The molecular weight excluding hydrogens is 632 g/mol. The number of ether oxygens (including phenoxy) is 2. The Morgan fingerprint density at radius 3 is 1.94 bits per heavy atom. The van der Waals surface area contributed by atoms with Gasteiger partial charge >= 0.3 is 18.9 Å². The van der Waals surface area contributed by atoms with E-state index in [1.54, 1.807) is 30.5 Å². The maximum atomic E-state index is 12.9. The van der Waals surface area contributed by atoms with E-state index in [4.69, 9.17) is 9.47 Å². The Bertz CT molecular complexity index is 1690. The molecule has 0 bridgehead atoms. The quantitative estimate of drug-likeness (QED) is 0.280. The van der Waals surface area contributed by atoms with E-state index in [0.717, 1.165) is 56.6 Å². The van der Waals surface area contributed by atoms with Crippen LogP contribution in [0.2, 0.25) is 0 Å². The van der Waals surface area contributed by atoms with E-state index in [-0.39, 0.29) is 73.3 Å². The average Bonchev–Trinajstić information content (AvgIpc) is 3.91. The van der Waals surface area contributed by atoms with Crippen LogP contribution >= 0.6 is 0 Å². The van der Waals surface area contributed by atoms with Gasteiger partial charge in [-0.05, 0) is 121 Å². The summed E-state index contributed by atoms with van der Waals surface area (Å²) in [6.45, 7) is 4.39. The average molecular weight is 677 g/mol. The van der Waals surface area contributed by atoms with Crippen LogP contribution in [0.5, 0.6) is 11.5 Å². The Balaban J connectivity index is 0.000000212. The summed E-state index contributed by atoms with van der Waals surface area (Å²) >= 11 is 0. The number of carbonyl (C=O) groups excluding carboxylic acids is 1. The number of aromatic nitrogens is 2. The van der Waals surface area contributed by atoms with E-state index in [2.05, 4.69) is 20.9 Å². The predicted octanol–water partition coefficient (Wildman–Crippen LogP) is 2.27. The Kier molecular flexibility index (Phi) is 12.9. The van der Waals surface area contributed by atoms with Crippen LogP contribution in [-0.4, -0.2) is 88.0 Å². The van der Waals surface area contributed by atoms with E-state index in [9.17, 15) is 13.6 Å². The van der Waals surface area contributed by atoms with Crippen molar-refractivity contribution in [3.63, 3.8) is 0 Å². The summed E-state index contributed by atoms with van der Waals surface area (Å²) in [6, 6.07) is 16.5. The summed E-state index contributed by atoms with van der Waals surface area (Å²) in [7, 11) is 0. The first-order valence-electron chi connectivity index (χ1n) is 16.7. The molecule has 8 rings (SSSR count). The van der Waals surface area contributed by atoms with Crippen molar-refractivity contribution < 1.29 is 43.3 Å². The number of likely N-dealkylation sites (tertiary alicyclic amines) is 2. The fourth-order valence-electron chi connectivity index (χ4n) is 7.42. The summed E-state index contributed by atoms with van der Waals surface area (Å²) in [4.78, 5) is 25.7. The van der Waals surface area contributed by atoms with E-state index < -0.39 is 0 Å². The molecule has 0 N–H and O–H groups in total. The molecule has 252 valence electrons. The standard InChI is InChI=1S/C19H19FN2O2.C19H21FN2O.Al.Li.4H/c20-14-2-4-15(5-3-14)24-16-8-10-22(12-16)19(23)17-6-1-13-7-9-21-11-18(13)17;20-16-3-5-17(6-4-16)23-18-8-10-22(13-18)12-15-2-1-14-7-9-21-11-19(14)15;;;;;;/h2-5,7,9,11,16-17H,1,6,8,10,12H2;3-7,9,11,15,18H,1-2,8,10,12-13H2;;;;;;/q;;;+1;;;;-1/t16-,17?;15?,18-;;;;;;/m00....../s1. The van der Waals surface area contributed by atoms with Crippen molar-refractivity contribution >= 4 is 23.3 Å². The van der Waals surface area contributed by atoms with Crippen LogP contribution in [0.15, 0.2) is 85.5 Å². The zero-order valence-corrected chi connectivity index (χ0v) is 27.4. The van der Waals surface area contributed by atoms with Gasteiger partial charge in [0.25, 0.3) is 0 Å². The number of rotatable bonds is 7. The maximum Gasteiger partial charge on any atom is 1.00 e. The third kappa shape index (κ3) is 9.11. The zero-order chi connectivity index (χ0) is 32.2. The van der Waals surface area contributed by atoms with Crippen molar-refractivity contribution in [2.45, 2.75) is 62.6 Å². The molecule has 49 heavy (non-hydrogen) atoms. The third-order valence-electron chi connectivity index (χ3n) is 9.87. The molecule has 0 saturated carbocycles. The second-order valence-electron chi connectivity index (χ2n) is 13.0. The van der Waals surface area contributed by atoms with Gasteiger partial charge in [0.05, 0.1) is 12.5 Å². The first kappa shape index (κ1) is 37.0.